The average molecular weight is 399 g/mol. The van der Waals surface area contributed by atoms with Crippen molar-refractivity contribution in [2.75, 3.05) is 16.0 Å². The number of benzene rings is 2. The quantitative estimate of drug-likeness (QED) is 0.453. The van der Waals surface area contributed by atoms with Crippen molar-refractivity contribution in [3.05, 3.63) is 84.2 Å². The summed E-state index contributed by atoms with van der Waals surface area (Å²) < 4.78 is 1.64. The van der Waals surface area contributed by atoms with Crippen molar-refractivity contribution >= 4 is 28.9 Å². The highest BCUT2D eigenvalue weighted by Gasteiger charge is 2.07. The molecule has 8 heteroatoms. The van der Waals surface area contributed by atoms with E-state index in [1.54, 1.807) is 17.1 Å². The third-order valence-electron chi connectivity index (χ3n) is 4.66. The number of aryl methyl sites for hydroxylation is 1. The zero-order chi connectivity index (χ0) is 20.9. The van der Waals surface area contributed by atoms with Crippen molar-refractivity contribution in [2.45, 2.75) is 13.8 Å². The van der Waals surface area contributed by atoms with Crippen molar-refractivity contribution in [1.29, 1.82) is 0 Å². The summed E-state index contributed by atoms with van der Waals surface area (Å²) in [4.78, 5) is 12.3. The van der Waals surface area contributed by atoms with E-state index in [0.717, 1.165) is 22.5 Å². The first kappa shape index (κ1) is 19.1. The van der Waals surface area contributed by atoms with Crippen molar-refractivity contribution in [1.82, 2.24) is 20.0 Å². The van der Waals surface area contributed by atoms with Crippen LogP contribution >= 0.6 is 0 Å². The van der Waals surface area contributed by atoms with Gasteiger partial charge in [0.25, 0.3) is 0 Å². The van der Waals surface area contributed by atoms with Crippen LogP contribution in [0.1, 0.15) is 11.1 Å². The molecular formula is C22H21N7O. The first-order valence-corrected chi connectivity index (χ1v) is 9.43. The van der Waals surface area contributed by atoms with Gasteiger partial charge in [-0.3, -0.25) is 0 Å². The number of nitrogens with zero attached hydrogens (tertiary/aromatic N) is 4. The van der Waals surface area contributed by atoms with Crippen LogP contribution in [0.25, 0.3) is 5.82 Å². The highest BCUT2D eigenvalue weighted by Crippen LogP contribution is 2.20. The van der Waals surface area contributed by atoms with E-state index in [-0.39, 0.29) is 6.03 Å². The van der Waals surface area contributed by atoms with Crippen molar-refractivity contribution in [3.8, 4) is 5.82 Å². The van der Waals surface area contributed by atoms with Gasteiger partial charge < -0.3 is 16.0 Å². The zero-order valence-electron chi connectivity index (χ0n) is 16.6. The molecule has 0 bridgehead atoms. The van der Waals surface area contributed by atoms with Gasteiger partial charge in [-0.1, -0.05) is 12.1 Å². The highest BCUT2D eigenvalue weighted by molar-refractivity contribution is 6.00. The summed E-state index contributed by atoms with van der Waals surface area (Å²) in [5.74, 6) is 1.25. The molecule has 0 aliphatic rings. The molecule has 150 valence electrons. The lowest BCUT2D eigenvalue weighted by Crippen LogP contribution is -2.20. The number of anilines is 4. The van der Waals surface area contributed by atoms with E-state index in [1.807, 2.05) is 74.5 Å². The SMILES string of the molecule is Cc1cccc(NC(=O)Nc2ccc(Nc3ccc(-n4cccn4)nn3)cc2)c1C. The Hall–Kier alpha value is -4.20. The van der Waals surface area contributed by atoms with E-state index in [0.29, 0.717) is 17.3 Å². The Morgan fingerprint density at radius 2 is 1.67 bits per heavy atom. The molecule has 4 aromatic rings. The Bertz CT molecular complexity index is 1140. The first-order chi connectivity index (χ1) is 14.6. The molecule has 2 heterocycles. The highest BCUT2D eigenvalue weighted by atomic mass is 16.2. The number of amides is 2. The summed E-state index contributed by atoms with van der Waals surface area (Å²) in [6.45, 7) is 4.00. The van der Waals surface area contributed by atoms with Gasteiger partial charge in [-0.2, -0.15) is 5.10 Å². The maximum absolute atomic E-state index is 12.3. The monoisotopic (exact) mass is 399 g/mol. The average Bonchev–Trinajstić information content (AvgIpc) is 3.28. The summed E-state index contributed by atoms with van der Waals surface area (Å²) in [7, 11) is 0. The van der Waals surface area contributed by atoms with Crippen molar-refractivity contribution in [2.24, 2.45) is 0 Å². The van der Waals surface area contributed by atoms with E-state index in [2.05, 4.69) is 31.2 Å². The number of hydrogen-bond donors (Lipinski definition) is 3. The third-order valence-corrected chi connectivity index (χ3v) is 4.66. The molecule has 0 unspecified atom stereocenters. The number of urea groups is 1. The van der Waals surface area contributed by atoms with Crippen molar-refractivity contribution < 1.29 is 4.79 Å². The minimum atomic E-state index is -0.288. The van der Waals surface area contributed by atoms with E-state index in [1.165, 1.54) is 0 Å². The van der Waals surface area contributed by atoms with E-state index < -0.39 is 0 Å². The summed E-state index contributed by atoms with van der Waals surface area (Å²) in [6.07, 6.45) is 3.49. The standard InChI is InChI=1S/C22H21N7O/c1-15-5-3-6-19(16(15)2)26-22(30)25-18-9-7-17(8-10-18)24-20-11-12-21(28-27-20)29-14-4-13-23-29/h3-14H,1-2H3,(H,24,27)(H2,25,26,30). The van der Waals surface area contributed by atoms with E-state index in [4.69, 9.17) is 0 Å². The van der Waals surface area contributed by atoms with Gasteiger partial charge in [0.15, 0.2) is 11.6 Å². The molecule has 2 aromatic carbocycles. The lowest BCUT2D eigenvalue weighted by atomic mass is 10.1. The number of rotatable bonds is 5. The summed E-state index contributed by atoms with van der Waals surface area (Å²) in [5, 5.41) is 21.3. The van der Waals surface area contributed by atoms with Crippen LogP contribution < -0.4 is 16.0 Å². The second-order valence-corrected chi connectivity index (χ2v) is 6.76. The fourth-order valence-electron chi connectivity index (χ4n) is 2.87. The lowest BCUT2D eigenvalue weighted by molar-refractivity contribution is 0.262. The van der Waals surface area contributed by atoms with Crippen LogP contribution in [0, 0.1) is 13.8 Å². The Morgan fingerprint density at radius 1 is 0.867 bits per heavy atom. The van der Waals surface area contributed by atoms with Gasteiger partial charge in [0.2, 0.25) is 0 Å². The van der Waals surface area contributed by atoms with E-state index >= 15 is 0 Å². The molecule has 0 spiro atoms. The molecule has 30 heavy (non-hydrogen) atoms. The normalized spacial score (nSPS) is 10.5. The molecule has 0 atom stereocenters. The Morgan fingerprint density at radius 3 is 2.37 bits per heavy atom. The van der Waals surface area contributed by atoms with Gasteiger partial charge in [0.1, 0.15) is 0 Å². The molecular weight excluding hydrogens is 378 g/mol. The summed E-state index contributed by atoms with van der Waals surface area (Å²) >= 11 is 0. The molecule has 0 saturated carbocycles. The molecule has 8 nitrogen and oxygen atoms in total. The number of aromatic nitrogens is 4. The minimum Gasteiger partial charge on any atom is -0.339 e. The number of hydrogen-bond acceptors (Lipinski definition) is 5. The third kappa shape index (κ3) is 4.44. The van der Waals surface area contributed by atoms with Crippen LogP contribution in [0.5, 0.6) is 0 Å². The molecule has 2 amide bonds. The number of nitrogens with one attached hydrogen (secondary N) is 3. The van der Waals surface area contributed by atoms with Gasteiger partial charge in [0.05, 0.1) is 0 Å². The Balaban J connectivity index is 1.36. The molecule has 3 N–H and O–H groups in total. The van der Waals surface area contributed by atoms with Crippen molar-refractivity contribution in [3.63, 3.8) is 0 Å². The maximum atomic E-state index is 12.3. The van der Waals surface area contributed by atoms with Gasteiger partial charge >= 0.3 is 6.03 Å². The Kier molecular flexibility index (Phi) is 5.38. The maximum Gasteiger partial charge on any atom is 0.323 e. The zero-order valence-corrected chi connectivity index (χ0v) is 16.6. The predicted octanol–water partition coefficient (Wildman–Crippen LogP) is 4.67. The Labute approximate surface area is 174 Å². The minimum absolute atomic E-state index is 0.288. The molecule has 2 aromatic heterocycles. The van der Waals surface area contributed by atoms with Crippen LogP contribution in [-0.2, 0) is 0 Å². The van der Waals surface area contributed by atoms with Crippen LogP contribution in [0.2, 0.25) is 0 Å². The molecule has 0 radical (unpaired) electrons. The lowest BCUT2D eigenvalue weighted by Gasteiger charge is -2.12. The van der Waals surface area contributed by atoms with Crippen LogP contribution in [-0.4, -0.2) is 26.0 Å². The van der Waals surface area contributed by atoms with E-state index in [9.17, 15) is 4.79 Å². The second kappa shape index (κ2) is 8.44. The fraction of sp³-hybridized carbons (Fsp3) is 0.0909. The topological polar surface area (TPSA) is 96.8 Å². The van der Waals surface area contributed by atoms with Gasteiger partial charge in [-0.25, -0.2) is 9.48 Å². The van der Waals surface area contributed by atoms with Crippen LogP contribution in [0.4, 0.5) is 27.7 Å². The molecule has 4 rings (SSSR count). The van der Waals surface area contributed by atoms with Crippen LogP contribution in [0.15, 0.2) is 73.1 Å². The molecule has 0 saturated heterocycles. The molecule has 0 aliphatic heterocycles. The smallest absolute Gasteiger partial charge is 0.323 e. The molecule has 0 fully saturated rings. The summed E-state index contributed by atoms with van der Waals surface area (Å²) in [6, 6.07) is 18.4. The fourth-order valence-corrected chi connectivity index (χ4v) is 2.87. The van der Waals surface area contributed by atoms with Crippen LogP contribution in [0.3, 0.4) is 0 Å². The largest absolute Gasteiger partial charge is 0.339 e. The second-order valence-electron chi connectivity index (χ2n) is 6.76. The number of carbonyl (C=O) groups excluding carboxylic acids is 1. The van der Waals surface area contributed by atoms with Gasteiger partial charge in [-0.15, -0.1) is 10.2 Å². The van der Waals surface area contributed by atoms with Gasteiger partial charge in [-0.05, 0) is 73.5 Å². The molecule has 0 aliphatic carbocycles. The first-order valence-electron chi connectivity index (χ1n) is 9.43. The van der Waals surface area contributed by atoms with Gasteiger partial charge in [0, 0.05) is 29.5 Å². The predicted molar refractivity (Wildman–Crippen MR) is 117 cm³/mol. The number of carbonyl (C=O) groups is 1. The summed E-state index contributed by atoms with van der Waals surface area (Å²) in [5.41, 5.74) is 4.49.